The third-order valence-corrected chi connectivity index (χ3v) is 12.4. The predicted octanol–water partition coefficient (Wildman–Crippen LogP) is 7.54. The number of halogens is 1. The summed E-state index contributed by atoms with van der Waals surface area (Å²) in [5, 5.41) is 41.2. The van der Waals surface area contributed by atoms with Crippen molar-refractivity contribution >= 4 is 34.1 Å². The van der Waals surface area contributed by atoms with Crippen molar-refractivity contribution in [2.24, 2.45) is 56.6 Å². The second kappa shape index (κ2) is 10.4. The average molecular weight is 570 g/mol. The fourth-order valence-corrected chi connectivity index (χ4v) is 10.3. The van der Waals surface area contributed by atoms with Gasteiger partial charge in [0.25, 0.3) is 5.91 Å². The molecule has 4 aliphatic carbocycles. The van der Waals surface area contributed by atoms with Crippen molar-refractivity contribution < 1.29 is 20.1 Å². The number of azo groups is 1. The molecule has 1 heterocycles. The van der Waals surface area contributed by atoms with Crippen LogP contribution < -0.4 is 0 Å². The molecule has 40 heavy (non-hydrogen) atoms. The first-order chi connectivity index (χ1) is 19.0. The van der Waals surface area contributed by atoms with Gasteiger partial charge >= 0.3 is 0 Å². The van der Waals surface area contributed by atoms with Crippen LogP contribution in [0.2, 0.25) is 5.02 Å². The van der Waals surface area contributed by atoms with Gasteiger partial charge < -0.3 is 20.3 Å². The molecule has 4 N–H and O–H groups in total. The van der Waals surface area contributed by atoms with Gasteiger partial charge in [-0.3, -0.25) is 4.79 Å². The molecule has 0 unspecified atom stereocenters. The molecule has 0 saturated heterocycles. The molecule has 218 valence electrons. The summed E-state index contributed by atoms with van der Waals surface area (Å²) in [6.07, 6.45) is 8.90. The molecule has 6 rings (SSSR count). The lowest BCUT2D eigenvalue weighted by Gasteiger charge is -2.62. The molecule has 0 spiro atoms. The zero-order chi connectivity index (χ0) is 28.4. The number of rotatable bonds is 5. The standard InChI is InChI=1S/C32H44ClN3O4/c1-17(4-9-27(39)35-36-29-21-16-19(33)5-8-25(21)34-30(29)40)22-6-7-23-28-24(11-13-32(22,23)3)31(2)12-10-20(37)14-18(31)15-26(28)38/h5,8,16-18,20,22-24,26,28,34,37-38,40H,4,6-7,9-15H2,1-3H3/t17-,18-,20+,22-,23+,24+,26+,28+,31+,32-/m1/s1. The van der Waals surface area contributed by atoms with Crippen molar-refractivity contribution in [3.05, 3.63) is 23.2 Å². The van der Waals surface area contributed by atoms with Crippen LogP contribution in [0.3, 0.4) is 0 Å². The highest BCUT2D eigenvalue weighted by Crippen LogP contribution is 2.68. The Hall–Kier alpha value is -1.96. The molecule has 0 bridgehead atoms. The summed E-state index contributed by atoms with van der Waals surface area (Å²) < 4.78 is 0. The molecule has 0 aliphatic heterocycles. The second-order valence-corrected chi connectivity index (χ2v) is 14.5. The van der Waals surface area contributed by atoms with Gasteiger partial charge in [-0.1, -0.05) is 32.4 Å². The number of fused-ring (bicyclic) bond motifs is 6. The van der Waals surface area contributed by atoms with E-state index in [1.54, 1.807) is 18.2 Å². The SMILES string of the molecule is C[C@H](CCC(=O)N=Nc1c(O)[nH]c2ccc(Cl)cc12)[C@H]1CC[C@H]2[C@@H]3[C@@H](O)C[C@H]4C[C@@H](O)CC[C@]4(C)[C@H]3CC[C@]12C. The number of aliphatic hydroxyl groups excluding tert-OH is 2. The Balaban J connectivity index is 1.11. The Morgan fingerprint density at radius 3 is 2.65 bits per heavy atom. The third kappa shape index (κ3) is 4.60. The normalized spacial score (nSPS) is 40.1. The monoisotopic (exact) mass is 569 g/mol. The van der Waals surface area contributed by atoms with E-state index in [0.29, 0.717) is 57.9 Å². The van der Waals surface area contributed by atoms with E-state index in [4.69, 9.17) is 11.6 Å². The summed E-state index contributed by atoms with van der Waals surface area (Å²) in [6.45, 7) is 7.19. The molecule has 0 radical (unpaired) electrons. The van der Waals surface area contributed by atoms with E-state index in [0.717, 1.165) is 51.4 Å². The van der Waals surface area contributed by atoms with Crippen molar-refractivity contribution in [3.63, 3.8) is 0 Å². The van der Waals surface area contributed by atoms with Gasteiger partial charge in [0.15, 0.2) is 5.69 Å². The second-order valence-electron chi connectivity index (χ2n) is 14.1. The van der Waals surface area contributed by atoms with Crippen molar-refractivity contribution in [2.45, 2.75) is 97.2 Å². The van der Waals surface area contributed by atoms with Crippen molar-refractivity contribution in [1.82, 2.24) is 4.98 Å². The lowest BCUT2D eigenvalue weighted by Crippen LogP contribution is -2.58. The third-order valence-electron chi connectivity index (χ3n) is 12.2. The van der Waals surface area contributed by atoms with Crippen LogP contribution in [0.5, 0.6) is 5.88 Å². The highest BCUT2D eigenvalue weighted by Gasteiger charge is 2.62. The molecular formula is C32H44ClN3O4. The Kier molecular flexibility index (Phi) is 7.32. The highest BCUT2D eigenvalue weighted by atomic mass is 35.5. The zero-order valence-corrected chi connectivity index (χ0v) is 24.7. The summed E-state index contributed by atoms with van der Waals surface area (Å²) in [7, 11) is 0. The molecule has 1 amide bonds. The van der Waals surface area contributed by atoms with E-state index in [2.05, 4.69) is 36.0 Å². The number of carbonyl (C=O) groups excluding carboxylic acids is 1. The van der Waals surface area contributed by atoms with E-state index in [1.807, 2.05) is 0 Å². The fourth-order valence-electron chi connectivity index (χ4n) is 10.1. The molecule has 4 fully saturated rings. The first-order valence-corrected chi connectivity index (χ1v) is 15.7. The number of H-pyrrole nitrogens is 1. The lowest BCUT2D eigenvalue weighted by atomic mass is 9.43. The van der Waals surface area contributed by atoms with E-state index in [9.17, 15) is 20.1 Å². The van der Waals surface area contributed by atoms with Gasteiger partial charge in [-0.25, -0.2) is 0 Å². The fraction of sp³-hybridized carbons (Fsp3) is 0.719. The zero-order valence-electron chi connectivity index (χ0n) is 23.9. The molecule has 2 aromatic rings. The summed E-state index contributed by atoms with van der Waals surface area (Å²) in [5.74, 6) is 2.32. The minimum absolute atomic E-state index is 0.128. The largest absolute Gasteiger partial charge is 0.493 e. The minimum Gasteiger partial charge on any atom is -0.493 e. The molecule has 4 aliphatic rings. The number of nitrogens with zero attached hydrogens (tertiary/aromatic N) is 2. The van der Waals surface area contributed by atoms with E-state index < -0.39 is 0 Å². The number of aromatic amines is 1. The summed E-state index contributed by atoms with van der Waals surface area (Å²) in [4.78, 5) is 15.6. The number of aromatic hydroxyl groups is 1. The molecule has 7 nitrogen and oxygen atoms in total. The van der Waals surface area contributed by atoms with Gasteiger partial charge in [-0.2, -0.15) is 0 Å². The first-order valence-electron chi connectivity index (χ1n) is 15.3. The van der Waals surface area contributed by atoms with Gasteiger partial charge in [0.1, 0.15) is 0 Å². The summed E-state index contributed by atoms with van der Waals surface area (Å²) in [6, 6.07) is 5.18. The summed E-state index contributed by atoms with van der Waals surface area (Å²) in [5.41, 5.74) is 1.33. The minimum atomic E-state index is -0.285. The molecule has 8 heteroatoms. The van der Waals surface area contributed by atoms with Gasteiger partial charge in [-0.15, -0.1) is 10.2 Å². The molecular weight excluding hydrogens is 526 g/mol. The smallest absolute Gasteiger partial charge is 0.264 e. The van der Waals surface area contributed by atoms with Crippen LogP contribution in [0.4, 0.5) is 5.69 Å². The lowest BCUT2D eigenvalue weighted by molar-refractivity contribution is -0.174. The van der Waals surface area contributed by atoms with Gasteiger partial charge in [0.05, 0.1) is 17.7 Å². The van der Waals surface area contributed by atoms with Crippen LogP contribution in [0, 0.1) is 46.3 Å². The maximum Gasteiger partial charge on any atom is 0.264 e. The highest BCUT2D eigenvalue weighted by molar-refractivity contribution is 6.31. The van der Waals surface area contributed by atoms with Crippen LogP contribution >= 0.6 is 11.6 Å². The van der Waals surface area contributed by atoms with Crippen LogP contribution in [-0.2, 0) is 4.79 Å². The van der Waals surface area contributed by atoms with Crippen LogP contribution in [0.1, 0.15) is 85.0 Å². The molecule has 4 saturated carbocycles. The first kappa shape index (κ1) is 28.2. The number of hydrogen-bond acceptors (Lipinski definition) is 5. The topological polar surface area (TPSA) is 118 Å². The Morgan fingerprint density at radius 1 is 1.10 bits per heavy atom. The average Bonchev–Trinajstić information content (AvgIpc) is 3.42. The number of amides is 1. The Labute approximate surface area is 241 Å². The molecule has 1 aromatic carbocycles. The number of nitrogens with one attached hydrogen (secondary N) is 1. The summed E-state index contributed by atoms with van der Waals surface area (Å²) >= 11 is 6.10. The molecule has 1 aromatic heterocycles. The van der Waals surface area contributed by atoms with Gasteiger partial charge in [0, 0.05) is 16.8 Å². The maximum absolute atomic E-state index is 12.7. The Morgan fingerprint density at radius 2 is 1.85 bits per heavy atom. The number of aromatic nitrogens is 1. The van der Waals surface area contributed by atoms with Gasteiger partial charge in [-0.05, 0) is 122 Å². The number of benzene rings is 1. The van der Waals surface area contributed by atoms with E-state index in [1.165, 1.54) is 6.42 Å². The Bertz CT molecular complexity index is 1310. The van der Waals surface area contributed by atoms with E-state index >= 15 is 0 Å². The van der Waals surface area contributed by atoms with Crippen molar-refractivity contribution in [2.75, 3.05) is 0 Å². The van der Waals surface area contributed by atoms with Crippen LogP contribution in [0.25, 0.3) is 10.9 Å². The van der Waals surface area contributed by atoms with Crippen molar-refractivity contribution in [3.8, 4) is 5.88 Å². The maximum atomic E-state index is 12.7. The number of aliphatic hydroxyl groups is 2. The molecule has 10 atom stereocenters. The van der Waals surface area contributed by atoms with Crippen LogP contribution in [0.15, 0.2) is 28.4 Å². The number of carbonyl (C=O) groups is 1. The van der Waals surface area contributed by atoms with Crippen molar-refractivity contribution in [1.29, 1.82) is 0 Å². The van der Waals surface area contributed by atoms with E-state index in [-0.39, 0.29) is 40.5 Å². The van der Waals surface area contributed by atoms with Gasteiger partial charge in [0.2, 0.25) is 5.88 Å². The quantitative estimate of drug-likeness (QED) is 0.278. The predicted molar refractivity (Wildman–Crippen MR) is 156 cm³/mol. The number of hydrogen-bond donors (Lipinski definition) is 4. The van der Waals surface area contributed by atoms with Crippen LogP contribution in [-0.4, -0.2) is 38.4 Å².